The minimum Gasteiger partial charge on any atom is -0.387 e. The van der Waals surface area contributed by atoms with Crippen LogP contribution in [0.1, 0.15) is 11.7 Å². The van der Waals surface area contributed by atoms with Crippen molar-refractivity contribution in [1.82, 2.24) is 10.3 Å². The summed E-state index contributed by atoms with van der Waals surface area (Å²) < 4.78 is 25.7. The van der Waals surface area contributed by atoms with Crippen LogP contribution in [0.5, 0.6) is 0 Å². The molecule has 0 aliphatic carbocycles. The molecular formula is C12H11F2N3O2S. The molecule has 2 rings (SSSR count). The van der Waals surface area contributed by atoms with Gasteiger partial charge in [0.1, 0.15) is 0 Å². The monoisotopic (exact) mass is 299 g/mol. The van der Waals surface area contributed by atoms with Gasteiger partial charge in [0.25, 0.3) is 0 Å². The molecule has 0 saturated heterocycles. The van der Waals surface area contributed by atoms with Gasteiger partial charge in [-0.25, -0.2) is 18.6 Å². The van der Waals surface area contributed by atoms with Crippen LogP contribution in [0.25, 0.3) is 0 Å². The number of nitrogens with zero attached hydrogens (tertiary/aromatic N) is 1. The van der Waals surface area contributed by atoms with Crippen LogP contribution in [0.4, 0.5) is 18.7 Å². The fourth-order valence-electron chi connectivity index (χ4n) is 1.45. The largest absolute Gasteiger partial charge is 0.387 e. The van der Waals surface area contributed by atoms with Crippen LogP contribution in [-0.2, 0) is 0 Å². The number of thiazole rings is 1. The van der Waals surface area contributed by atoms with Crippen molar-refractivity contribution in [1.29, 1.82) is 0 Å². The number of anilines is 1. The lowest BCUT2D eigenvalue weighted by molar-refractivity contribution is 0.174. The Morgan fingerprint density at radius 2 is 2.20 bits per heavy atom. The van der Waals surface area contributed by atoms with Crippen molar-refractivity contribution in [3.63, 3.8) is 0 Å². The van der Waals surface area contributed by atoms with Crippen LogP contribution in [-0.4, -0.2) is 22.7 Å². The number of aromatic nitrogens is 1. The molecule has 20 heavy (non-hydrogen) atoms. The van der Waals surface area contributed by atoms with Crippen molar-refractivity contribution in [2.24, 2.45) is 0 Å². The second kappa shape index (κ2) is 6.40. The van der Waals surface area contributed by atoms with E-state index in [1.165, 1.54) is 23.6 Å². The summed E-state index contributed by atoms with van der Waals surface area (Å²) in [6, 6.07) is 2.52. The first kappa shape index (κ1) is 14.4. The molecular weight excluding hydrogens is 288 g/mol. The van der Waals surface area contributed by atoms with Crippen molar-refractivity contribution in [3.8, 4) is 0 Å². The van der Waals surface area contributed by atoms with E-state index in [1.807, 2.05) is 0 Å². The number of aliphatic hydroxyl groups excluding tert-OH is 1. The van der Waals surface area contributed by atoms with E-state index in [9.17, 15) is 18.7 Å². The third-order valence-corrected chi connectivity index (χ3v) is 3.13. The molecule has 1 aromatic carbocycles. The lowest BCUT2D eigenvalue weighted by Gasteiger charge is -2.12. The van der Waals surface area contributed by atoms with Gasteiger partial charge in [-0.1, -0.05) is 6.07 Å². The Morgan fingerprint density at radius 3 is 2.85 bits per heavy atom. The molecule has 106 valence electrons. The molecule has 0 saturated carbocycles. The molecule has 2 aromatic rings. The smallest absolute Gasteiger partial charge is 0.321 e. The van der Waals surface area contributed by atoms with Gasteiger partial charge in [0.15, 0.2) is 16.8 Å². The van der Waals surface area contributed by atoms with Crippen LogP contribution in [0.3, 0.4) is 0 Å². The number of aliphatic hydroxyl groups is 1. The van der Waals surface area contributed by atoms with Crippen molar-refractivity contribution in [3.05, 3.63) is 47.0 Å². The number of benzene rings is 1. The van der Waals surface area contributed by atoms with Gasteiger partial charge in [0, 0.05) is 18.1 Å². The summed E-state index contributed by atoms with van der Waals surface area (Å²) in [6.45, 7) is -0.137. The third kappa shape index (κ3) is 3.72. The van der Waals surface area contributed by atoms with Crippen molar-refractivity contribution in [2.75, 3.05) is 11.9 Å². The van der Waals surface area contributed by atoms with E-state index in [1.54, 1.807) is 5.38 Å². The first-order valence-corrected chi connectivity index (χ1v) is 6.51. The van der Waals surface area contributed by atoms with Crippen LogP contribution < -0.4 is 10.6 Å². The van der Waals surface area contributed by atoms with Crippen molar-refractivity contribution < 1.29 is 18.7 Å². The molecule has 1 heterocycles. The van der Waals surface area contributed by atoms with E-state index in [0.29, 0.717) is 5.13 Å². The van der Waals surface area contributed by atoms with Gasteiger partial charge >= 0.3 is 6.03 Å². The summed E-state index contributed by atoms with van der Waals surface area (Å²) in [5.74, 6) is -2.04. The SMILES string of the molecule is O=C(NCC(O)c1ccc(F)c(F)c1)Nc1nccs1. The highest BCUT2D eigenvalue weighted by Gasteiger charge is 2.12. The highest BCUT2D eigenvalue weighted by atomic mass is 32.1. The van der Waals surface area contributed by atoms with E-state index < -0.39 is 23.8 Å². The fraction of sp³-hybridized carbons (Fsp3) is 0.167. The lowest BCUT2D eigenvalue weighted by atomic mass is 10.1. The summed E-state index contributed by atoms with van der Waals surface area (Å²) in [5, 5.41) is 16.8. The maximum Gasteiger partial charge on any atom is 0.321 e. The number of carbonyl (C=O) groups excluding carboxylic acids is 1. The summed E-state index contributed by atoms with van der Waals surface area (Å²) in [5.41, 5.74) is 0.179. The second-order valence-electron chi connectivity index (χ2n) is 3.86. The Balaban J connectivity index is 1.86. The highest BCUT2D eigenvalue weighted by Crippen LogP contribution is 2.16. The van der Waals surface area contributed by atoms with Crippen LogP contribution in [0, 0.1) is 11.6 Å². The van der Waals surface area contributed by atoms with E-state index in [2.05, 4.69) is 15.6 Å². The van der Waals surface area contributed by atoms with Crippen LogP contribution in [0.15, 0.2) is 29.8 Å². The summed E-state index contributed by atoms with van der Waals surface area (Å²) in [6.07, 6.45) is 0.406. The second-order valence-corrected chi connectivity index (χ2v) is 4.76. The summed E-state index contributed by atoms with van der Waals surface area (Å²) in [4.78, 5) is 15.3. The number of hydrogen-bond donors (Lipinski definition) is 3. The molecule has 0 bridgehead atoms. The van der Waals surface area contributed by atoms with Crippen LogP contribution in [0.2, 0.25) is 0 Å². The maximum atomic E-state index is 13.0. The maximum absolute atomic E-state index is 13.0. The lowest BCUT2D eigenvalue weighted by Crippen LogP contribution is -2.32. The normalized spacial score (nSPS) is 11.9. The van der Waals surface area contributed by atoms with Gasteiger partial charge in [0.05, 0.1) is 6.10 Å². The molecule has 0 fully saturated rings. The molecule has 2 amide bonds. The summed E-state index contributed by atoms with van der Waals surface area (Å²) >= 11 is 1.25. The molecule has 0 radical (unpaired) electrons. The van der Waals surface area contributed by atoms with Gasteiger partial charge in [-0.05, 0) is 17.7 Å². The van der Waals surface area contributed by atoms with E-state index >= 15 is 0 Å². The number of rotatable bonds is 4. The number of halogens is 2. The van der Waals surface area contributed by atoms with Gasteiger partial charge < -0.3 is 10.4 Å². The first-order chi connectivity index (χ1) is 9.56. The number of hydrogen-bond acceptors (Lipinski definition) is 4. The molecule has 1 aromatic heterocycles. The van der Waals surface area contributed by atoms with Crippen molar-refractivity contribution >= 4 is 22.5 Å². The minimum atomic E-state index is -1.13. The van der Waals surface area contributed by atoms with Gasteiger partial charge in [-0.3, -0.25) is 5.32 Å². The zero-order valence-corrected chi connectivity index (χ0v) is 11.0. The van der Waals surface area contributed by atoms with Crippen molar-refractivity contribution in [2.45, 2.75) is 6.10 Å². The Kier molecular flexibility index (Phi) is 4.59. The molecule has 3 N–H and O–H groups in total. The zero-order valence-electron chi connectivity index (χ0n) is 10.1. The molecule has 1 unspecified atom stereocenters. The Hall–Kier alpha value is -2.06. The highest BCUT2D eigenvalue weighted by molar-refractivity contribution is 7.13. The summed E-state index contributed by atoms with van der Waals surface area (Å²) in [7, 11) is 0. The Labute approximate surface area is 117 Å². The standard InChI is InChI=1S/C12H11F2N3O2S/c13-8-2-1-7(5-9(8)14)10(18)6-16-11(19)17-12-15-3-4-20-12/h1-5,10,18H,6H2,(H2,15,16,17,19). The van der Waals surface area contributed by atoms with Gasteiger partial charge in [-0.2, -0.15) is 0 Å². The molecule has 0 aliphatic rings. The average Bonchev–Trinajstić information content (AvgIpc) is 2.92. The third-order valence-electron chi connectivity index (χ3n) is 2.44. The Morgan fingerprint density at radius 1 is 1.40 bits per heavy atom. The molecule has 5 nitrogen and oxygen atoms in total. The number of nitrogens with one attached hydrogen (secondary N) is 2. The molecule has 0 aliphatic heterocycles. The molecule has 8 heteroatoms. The van der Waals surface area contributed by atoms with Crippen LogP contribution >= 0.6 is 11.3 Å². The average molecular weight is 299 g/mol. The van der Waals surface area contributed by atoms with E-state index in [0.717, 1.165) is 12.1 Å². The van der Waals surface area contributed by atoms with Gasteiger partial charge in [0.2, 0.25) is 0 Å². The Bertz CT molecular complexity index is 592. The number of urea groups is 1. The van der Waals surface area contributed by atoms with Gasteiger partial charge in [-0.15, -0.1) is 11.3 Å². The first-order valence-electron chi connectivity index (χ1n) is 5.63. The number of amides is 2. The predicted molar refractivity (Wildman–Crippen MR) is 70.5 cm³/mol. The zero-order chi connectivity index (χ0) is 14.5. The fourth-order valence-corrected chi connectivity index (χ4v) is 1.98. The number of carbonyl (C=O) groups is 1. The minimum absolute atomic E-state index is 0.137. The topological polar surface area (TPSA) is 74.2 Å². The predicted octanol–water partition coefficient (Wildman–Crippen LogP) is 2.28. The molecule has 0 spiro atoms. The quantitative estimate of drug-likeness (QED) is 0.811. The van der Waals surface area contributed by atoms with E-state index in [-0.39, 0.29) is 12.1 Å². The molecule has 1 atom stereocenters. The van der Waals surface area contributed by atoms with E-state index in [4.69, 9.17) is 0 Å².